The fraction of sp³-hybridized carbons (Fsp3) is 0.300. The van der Waals surface area contributed by atoms with Gasteiger partial charge in [-0.2, -0.15) is 4.80 Å². The summed E-state index contributed by atoms with van der Waals surface area (Å²) in [6, 6.07) is 14.4. The van der Waals surface area contributed by atoms with Crippen LogP contribution in [-0.2, 0) is 11.3 Å². The number of halogens is 1. The van der Waals surface area contributed by atoms with Crippen LogP contribution in [0.2, 0.25) is 0 Å². The Balaban J connectivity index is 1.69. The maximum absolute atomic E-state index is 13.4. The first-order valence-corrected chi connectivity index (χ1v) is 8.82. The highest BCUT2D eigenvalue weighted by molar-refractivity contribution is 5.76. The maximum atomic E-state index is 13.4. The number of aryl methyl sites for hydroxylation is 1. The molecule has 1 atom stereocenters. The van der Waals surface area contributed by atoms with Crippen LogP contribution in [0.1, 0.15) is 31.0 Å². The number of tetrazole rings is 1. The molecule has 0 radical (unpaired) electrons. The number of carbonyl (C=O) groups is 1. The highest BCUT2D eigenvalue weighted by Crippen LogP contribution is 2.21. The van der Waals surface area contributed by atoms with Crippen LogP contribution < -0.4 is 5.32 Å². The van der Waals surface area contributed by atoms with Gasteiger partial charge in [0.15, 0.2) is 0 Å². The normalized spacial score (nSPS) is 12.2. The van der Waals surface area contributed by atoms with Gasteiger partial charge in [0.1, 0.15) is 12.4 Å². The lowest BCUT2D eigenvalue weighted by Crippen LogP contribution is -2.34. The van der Waals surface area contributed by atoms with E-state index in [0.717, 1.165) is 5.56 Å². The molecule has 1 heterocycles. The first-order chi connectivity index (χ1) is 12.9. The Morgan fingerprint density at radius 1 is 1.19 bits per heavy atom. The van der Waals surface area contributed by atoms with Gasteiger partial charge in [0.25, 0.3) is 0 Å². The third kappa shape index (κ3) is 4.55. The average Bonchev–Trinajstić information content (AvgIpc) is 3.11. The summed E-state index contributed by atoms with van der Waals surface area (Å²) in [6.07, 6.45) is 0. The van der Waals surface area contributed by atoms with Gasteiger partial charge in [0.2, 0.25) is 11.7 Å². The van der Waals surface area contributed by atoms with Crippen LogP contribution in [0.15, 0.2) is 48.5 Å². The molecule has 0 bridgehead atoms. The molecule has 1 amide bonds. The fourth-order valence-electron chi connectivity index (χ4n) is 2.85. The Hall–Kier alpha value is -3.09. The Morgan fingerprint density at radius 3 is 2.59 bits per heavy atom. The number of nitrogens with zero attached hydrogens (tertiary/aromatic N) is 4. The van der Waals surface area contributed by atoms with Crippen molar-refractivity contribution in [2.24, 2.45) is 5.92 Å². The zero-order valence-corrected chi connectivity index (χ0v) is 15.6. The molecule has 1 aromatic heterocycles. The van der Waals surface area contributed by atoms with Crippen LogP contribution >= 0.6 is 0 Å². The lowest BCUT2D eigenvalue weighted by Gasteiger charge is -2.22. The molecule has 0 saturated carbocycles. The van der Waals surface area contributed by atoms with E-state index in [1.165, 1.54) is 10.9 Å². The summed E-state index contributed by atoms with van der Waals surface area (Å²) in [5.74, 6) is 0.107. The number of hydrogen-bond acceptors (Lipinski definition) is 4. The summed E-state index contributed by atoms with van der Waals surface area (Å²) in [5, 5.41) is 15.1. The van der Waals surface area contributed by atoms with Gasteiger partial charge >= 0.3 is 0 Å². The molecule has 0 saturated heterocycles. The van der Waals surface area contributed by atoms with E-state index >= 15 is 0 Å². The van der Waals surface area contributed by atoms with Gasteiger partial charge in [-0.25, -0.2) is 4.39 Å². The lowest BCUT2D eigenvalue weighted by atomic mass is 9.96. The summed E-state index contributed by atoms with van der Waals surface area (Å²) in [7, 11) is 0. The van der Waals surface area contributed by atoms with E-state index in [-0.39, 0.29) is 30.2 Å². The van der Waals surface area contributed by atoms with Gasteiger partial charge in [-0.05, 0) is 47.4 Å². The summed E-state index contributed by atoms with van der Waals surface area (Å²) in [5.41, 5.74) is 2.21. The monoisotopic (exact) mass is 367 g/mol. The number of benzene rings is 2. The van der Waals surface area contributed by atoms with Gasteiger partial charge in [0.05, 0.1) is 6.04 Å². The van der Waals surface area contributed by atoms with Crippen molar-refractivity contribution in [3.05, 3.63) is 65.5 Å². The SMILES string of the molecule is Cc1cc(-c2nnn(CC(=O)NC(c3ccccc3)C(C)C)n2)ccc1F. The molecule has 6 nitrogen and oxygen atoms in total. The average molecular weight is 367 g/mol. The molecule has 1 unspecified atom stereocenters. The first-order valence-electron chi connectivity index (χ1n) is 8.82. The highest BCUT2D eigenvalue weighted by Gasteiger charge is 2.19. The second kappa shape index (κ2) is 8.07. The molecule has 0 aliphatic rings. The minimum atomic E-state index is -0.286. The van der Waals surface area contributed by atoms with Crippen LogP contribution in [0.5, 0.6) is 0 Å². The van der Waals surface area contributed by atoms with Crippen LogP contribution in [0.3, 0.4) is 0 Å². The molecule has 7 heteroatoms. The lowest BCUT2D eigenvalue weighted by molar-refractivity contribution is -0.123. The molecule has 140 valence electrons. The number of hydrogen-bond donors (Lipinski definition) is 1. The third-order valence-corrected chi connectivity index (χ3v) is 4.30. The molecule has 0 aliphatic heterocycles. The molecular formula is C20H22FN5O. The van der Waals surface area contributed by atoms with Gasteiger partial charge in [-0.3, -0.25) is 4.79 Å². The zero-order valence-electron chi connectivity index (χ0n) is 15.6. The van der Waals surface area contributed by atoms with Crippen molar-refractivity contribution in [2.75, 3.05) is 0 Å². The summed E-state index contributed by atoms with van der Waals surface area (Å²) in [6.45, 7) is 5.75. The summed E-state index contributed by atoms with van der Waals surface area (Å²) in [4.78, 5) is 13.7. The minimum Gasteiger partial charge on any atom is -0.347 e. The van der Waals surface area contributed by atoms with Gasteiger partial charge in [-0.15, -0.1) is 10.2 Å². The van der Waals surface area contributed by atoms with E-state index in [1.807, 2.05) is 30.3 Å². The molecule has 27 heavy (non-hydrogen) atoms. The second-order valence-corrected chi connectivity index (χ2v) is 6.81. The van der Waals surface area contributed by atoms with E-state index < -0.39 is 0 Å². The maximum Gasteiger partial charge on any atom is 0.244 e. The van der Waals surface area contributed by atoms with Crippen LogP contribution in [0.4, 0.5) is 4.39 Å². The number of rotatable bonds is 6. The van der Waals surface area contributed by atoms with Crippen LogP contribution in [0, 0.1) is 18.7 Å². The zero-order chi connectivity index (χ0) is 19.4. The predicted octanol–water partition coefficient (Wildman–Crippen LogP) is 3.30. The number of aromatic nitrogens is 4. The minimum absolute atomic E-state index is 0.0385. The van der Waals surface area contributed by atoms with Crippen molar-refractivity contribution in [2.45, 2.75) is 33.4 Å². The molecule has 0 fully saturated rings. The third-order valence-electron chi connectivity index (χ3n) is 4.30. The van der Waals surface area contributed by atoms with Crippen molar-refractivity contribution in [1.29, 1.82) is 0 Å². The Kier molecular flexibility index (Phi) is 5.59. The Labute approximate surface area is 157 Å². The highest BCUT2D eigenvalue weighted by atomic mass is 19.1. The smallest absolute Gasteiger partial charge is 0.244 e. The molecule has 0 aliphatic carbocycles. The fourth-order valence-corrected chi connectivity index (χ4v) is 2.85. The topological polar surface area (TPSA) is 72.7 Å². The molecule has 0 spiro atoms. The van der Waals surface area contributed by atoms with E-state index in [9.17, 15) is 9.18 Å². The predicted molar refractivity (Wildman–Crippen MR) is 100 cm³/mol. The summed E-state index contributed by atoms with van der Waals surface area (Å²) >= 11 is 0. The van der Waals surface area contributed by atoms with Crippen molar-refractivity contribution in [3.8, 4) is 11.4 Å². The van der Waals surface area contributed by atoms with E-state index in [1.54, 1.807) is 19.1 Å². The van der Waals surface area contributed by atoms with E-state index in [2.05, 4.69) is 34.6 Å². The van der Waals surface area contributed by atoms with E-state index in [4.69, 9.17) is 0 Å². The molecule has 2 aromatic carbocycles. The van der Waals surface area contributed by atoms with Crippen LogP contribution in [-0.4, -0.2) is 26.1 Å². The summed E-state index contributed by atoms with van der Waals surface area (Å²) < 4.78 is 13.4. The largest absolute Gasteiger partial charge is 0.347 e. The van der Waals surface area contributed by atoms with Gasteiger partial charge in [-0.1, -0.05) is 44.2 Å². The number of nitrogens with one attached hydrogen (secondary N) is 1. The van der Waals surface area contributed by atoms with Crippen molar-refractivity contribution < 1.29 is 9.18 Å². The van der Waals surface area contributed by atoms with Gasteiger partial charge < -0.3 is 5.32 Å². The van der Waals surface area contributed by atoms with Crippen molar-refractivity contribution in [1.82, 2.24) is 25.5 Å². The Bertz CT molecular complexity index is 923. The number of carbonyl (C=O) groups excluding carboxylic acids is 1. The quantitative estimate of drug-likeness (QED) is 0.725. The van der Waals surface area contributed by atoms with Crippen LogP contribution in [0.25, 0.3) is 11.4 Å². The Morgan fingerprint density at radius 2 is 1.93 bits per heavy atom. The second-order valence-electron chi connectivity index (χ2n) is 6.81. The van der Waals surface area contributed by atoms with Gasteiger partial charge in [0, 0.05) is 5.56 Å². The molecule has 1 N–H and O–H groups in total. The molecule has 3 rings (SSSR count). The molecular weight excluding hydrogens is 345 g/mol. The molecule has 3 aromatic rings. The van der Waals surface area contributed by atoms with Crippen molar-refractivity contribution in [3.63, 3.8) is 0 Å². The van der Waals surface area contributed by atoms with E-state index in [0.29, 0.717) is 17.0 Å². The standard InChI is InChI=1S/C20H22FN5O/c1-13(2)19(15-7-5-4-6-8-15)22-18(27)12-26-24-20(23-25-26)16-9-10-17(21)14(3)11-16/h4-11,13,19H,12H2,1-3H3,(H,22,27). The van der Waals surface area contributed by atoms with Crippen molar-refractivity contribution >= 4 is 5.91 Å². The first kappa shape index (κ1) is 18.7. The number of amides is 1.